The van der Waals surface area contributed by atoms with E-state index >= 15 is 0 Å². The van der Waals surface area contributed by atoms with Gasteiger partial charge in [-0.25, -0.2) is 0 Å². The van der Waals surface area contributed by atoms with Crippen LogP contribution in [0.1, 0.15) is 32.1 Å². The average molecular weight is 185 g/mol. The molecule has 3 nitrogen and oxygen atoms in total. The second kappa shape index (κ2) is 5.22. The highest BCUT2D eigenvalue weighted by atomic mass is 16.4. The fourth-order valence-electron chi connectivity index (χ4n) is 2.22. The van der Waals surface area contributed by atoms with Crippen LogP contribution >= 0.6 is 0 Å². The molecule has 0 amide bonds. The second-order valence-corrected chi connectivity index (χ2v) is 3.88. The molecule has 13 heavy (non-hydrogen) atoms. The molecule has 1 unspecified atom stereocenters. The SMILES string of the molecule is CNCCC(C(=O)O)C1CCCC1. The Hall–Kier alpha value is -0.570. The Balaban J connectivity index is 2.40. The van der Waals surface area contributed by atoms with Crippen molar-refractivity contribution < 1.29 is 9.90 Å². The predicted molar refractivity (Wildman–Crippen MR) is 51.6 cm³/mol. The first-order valence-corrected chi connectivity index (χ1v) is 5.13. The van der Waals surface area contributed by atoms with E-state index < -0.39 is 5.97 Å². The Morgan fingerprint density at radius 3 is 2.62 bits per heavy atom. The molecule has 0 heterocycles. The number of carboxylic acids is 1. The van der Waals surface area contributed by atoms with Crippen LogP contribution in [-0.4, -0.2) is 24.7 Å². The summed E-state index contributed by atoms with van der Waals surface area (Å²) in [4.78, 5) is 11.0. The predicted octanol–water partition coefficient (Wildman–Crippen LogP) is 1.49. The lowest BCUT2D eigenvalue weighted by Gasteiger charge is -2.18. The molecule has 3 heteroatoms. The minimum Gasteiger partial charge on any atom is -0.481 e. The maximum absolute atomic E-state index is 11.0. The summed E-state index contributed by atoms with van der Waals surface area (Å²) in [5.41, 5.74) is 0. The average Bonchev–Trinajstić information content (AvgIpc) is 2.57. The van der Waals surface area contributed by atoms with Crippen molar-refractivity contribution in [2.24, 2.45) is 11.8 Å². The molecule has 2 N–H and O–H groups in total. The second-order valence-electron chi connectivity index (χ2n) is 3.88. The molecule has 76 valence electrons. The van der Waals surface area contributed by atoms with Crippen molar-refractivity contribution in [1.29, 1.82) is 0 Å². The third-order valence-corrected chi connectivity index (χ3v) is 2.99. The van der Waals surface area contributed by atoms with Crippen LogP contribution in [-0.2, 0) is 4.79 Å². The summed E-state index contributed by atoms with van der Waals surface area (Å²) in [6.07, 6.45) is 5.43. The van der Waals surface area contributed by atoms with Crippen molar-refractivity contribution >= 4 is 5.97 Å². The van der Waals surface area contributed by atoms with E-state index in [0.717, 1.165) is 25.8 Å². The van der Waals surface area contributed by atoms with E-state index in [1.165, 1.54) is 12.8 Å². The van der Waals surface area contributed by atoms with Crippen molar-refractivity contribution in [1.82, 2.24) is 5.32 Å². The van der Waals surface area contributed by atoms with Crippen LogP contribution in [0.2, 0.25) is 0 Å². The van der Waals surface area contributed by atoms with Crippen LogP contribution in [0.25, 0.3) is 0 Å². The molecule has 1 aliphatic carbocycles. The number of carboxylic acid groups (broad SMARTS) is 1. The molecule has 0 aromatic heterocycles. The number of carbonyl (C=O) groups is 1. The maximum atomic E-state index is 11.0. The molecule has 1 rings (SSSR count). The third kappa shape index (κ3) is 2.99. The summed E-state index contributed by atoms with van der Waals surface area (Å²) >= 11 is 0. The van der Waals surface area contributed by atoms with E-state index in [1.807, 2.05) is 7.05 Å². The molecule has 1 atom stereocenters. The topological polar surface area (TPSA) is 49.3 Å². The van der Waals surface area contributed by atoms with Gasteiger partial charge in [0, 0.05) is 0 Å². The van der Waals surface area contributed by atoms with Gasteiger partial charge >= 0.3 is 5.97 Å². The van der Waals surface area contributed by atoms with Crippen molar-refractivity contribution in [2.45, 2.75) is 32.1 Å². The Kier molecular flexibility index (Phi) is 4.22. The van der Waals surface area contributed by atoms with Crippen molar-refractivity contribution in [2.75, 3.05) is 13.6 Å². The van der Waals surface area contributed by atoms with Crippen molar-refractivity contribution in [3.8, 4) is 0 Å². The highest BCUT2D eigenvalue weighted by molar-refractivity contribution is 5.70. The van der Waals surface area contributed by atoms with Gasteiger partial charge in [0.15, 0.2) is 0 Å². The first kappa shape index (κ1) is 10.5. The van der Waals surface area contributed by atoms with Crippen LogP contribution in [0.4, 0.5) is 0 Å². The molecule has 0 aromatic carbocycles. The third-order valence-electron chi connectivity index (χ3n) is 2.99. The molecule has 1 aliphatic rings. The minimum absolute atomic E-state index is 0.116. The van der Waals surface area contributed by atoms with Gasteiger partial charge in [0.2, 0.25) is 0 Å². The van der Waals surface area contributed by atoms with Crippen molar-refractivity contribution in [3.05, 3.63) is 0 Å². The smallest absolute Gasteiger partial charge is 0.306 e. The quantitative estimate of drug-likeness (QED) is 0.682. The summed E-state index contributed by atoms with van der Waals surface area (Å²) in [5, 5.41) is 12.0. The molecule has 0 saturated heterocycles. The van der Waals surface area contributed by atoms with E-state index in [9.17, 15) is 4.79 Å². The van der Waals surface area contributed by atoms with Crippen LogP contribution < -0.4 is 5.32 Å². The van der Waals surface area contributed by atoms with E-state index in [0.29, 0.717) is 5.92 Å². The number of hydrogen-bond donors (Lipinski definition) is 2. The van der Waals surface area contributed by atoms with E-state index in [2.05, 4.69) is 5.32 Å². The Morgan fingerprint density at radius 2 is 2.15 bits per heavy atom. The molecular weight excluding hydrogens is 166 g/mol. The molecule has 0 aliphatic heterocycles. The lowest BCUT2D eigenvalue weighted by atomic mass is 9.88. The Morgan fingerprint density at radius 1 is 1.54 bits per heavy atom. The highest BCUT2D eigenvalue weighted by Gasteiger charge is 2.29. The number of aliphatic carboxylic acids is 1. The molecule has 1 saturated carbocycles. The van der Waals surface area contributed by atoms with Crippen LogP contribution in [0.15, 0.2) is 0 Å². The zero-order chi connectivity index (χ0) is 9.68. The largest absolute Gasteiger partial charge is 0.481 e. The van der Waals surface area contributed by atoms with Crippen LogP contribution in [0, 0.1) is 11.8 Å². The van der Waals surface area contributed by atoms with Gasteiger partial charge in [-0.1, -0.05) is 12.8 Å². The summed E-state index contributed by atoms with van der Waals surface area (Å²) < 4.78 is 0. The Labute approximate surface area is 79.5 Å². The molecule has 1 fully saturated rings. The first-order valence-electron chi connectivity index (χ1n) is 5.13. The maximum Gasteiger partial charge on any atom is 0.306 e. The summed E-state index contributed by atoms with van der Waals surface area (Å²) in [6, 6.07) is 0. The number of nitrogens with one attached hydrogen (secondary N) is 1. The highest BCUT2D eigenvalue weighted by Crippen LogP contribution is 2.32. The molecule has 0 radical (unpaired) electrons. The molecule has 0 spiro atoms. The summed E-state index contributed by atoms with van der Waals surface area (Å²) in [6.45, 7) is 0.813. The lowest BCUT2D eigenvalue weighted by Crippen LogP contribution is -2.25. The monoisotopic (exact) mass is 185 g/mol. The molecule has 0 aromatic rings. The fourth-order valence-corrected chi connectivity index (χ4v) is 2.22. The lowest BCUT2D eigenvalue weighted by molar-refractivity contribution is -0.143. The van der Waals surface area contributed by atoms with E-state index in [4.69, 9.17) is 5.11 Å². The molecular formula is C10H19NO2. The standard InChI is InChI=1S/C10H19NO2/c1-11-7-6-9(10(12)13)8-4-2-3-5-8/h8-9,11H,2-7H2,1H3,(H,12,13). The van der Waals surface area contributed by atoms with Gasteiger partial charge in [0.1, 0.15) is 0 Å². The zero-order valence-electron chi connectivity index (χ0n) is 8.25. The van der Waals surface area contributed by atoms with E-state index in [1.54, 1.807) is 0 Å². The van der Waals surface area contributed by atoms with Gasteiger partial charge in [-0.3, -0.25) is 4.79 Å². The van der Waals surface area contributed by atoms with Gasteiger partial charge < -0.3 is 10.4 Å². The zero-order valence-corrected chi connectivity index (χ0v) is 8.25. The van der Waals surface area contributed by atoms with Gasteiger partial charge in [0.25, 0.3) is 0 Å². The number of hydrogen-bond acceptors (Lipinski definition) is 2. The molecule has 0 bridgehead atoms. The van der Waals surface area contributed by atoms with Gasteiger partial charge in [-0.05, 0) is 38.8 Å². The minimum atomic E-state index is -0.609. The Bertz CT molecular complexity index is 164. The number of rotatable bonds is 5. The fraction of sp³-hybridized carbons (Fsp3) is 0.900. The first-order chi connectivity index (χ1) is 6.25. The van der Waals surface area contributed by atoms with Gasteiger partial charge in [-0.2, -0.15) is 0 Å². The van der Waals surface area contributed by atoms with Crippen LogP contribution in [0.3, 0.4) is 0 Å². The van der Waals surface area contributed by atoms with Crippen molar-refractivity contribution in [3.63, 3.8) is 0 Å². The van der Waals surface area contributed by atoms with E-state index in [-0.39, 0.29) is 5.92 Å². The summed E-state index contributed by atoms with van der Waals surface area (Å²) in [5.74, 6) is -0.289. The van der Waals surface area contributed by atoms with Gasteiger partial charge in [-0.15, -0.1) is 0 Å². The summed E-state index contributed by atoms with van der Waals surface area (Å²) in [7, 11) is 1.87. The van der Waals surface area contributed by atoms with Gasteiger partial charge in [0.05, 0.1) is 5.92 Å². The normalized spacial score (nSPS) is 20.4. The van der Waals surface area contributed by atoms with Crippen LogP contribution in [0.5, 0.6) is 0 Å².